The van der Waals surface area contributed by atoms with Crippen LogP contribution in [0.5, 0.6) is 0 Å². The van der Waals surface area contributed by atoms with Crippen molar-refractivity contribution in [1.29, 1.82) is 0 Å². The van der Waals surface area contributed by atoms with Crippen molar-refractivity contribution in [3.8, 4) is 0 Å². The van der Waals surface area contributed by atoms with Crippen molar-refractivity contribution >= 4 is 34.4 Å². The lowest BCUT2D eigenvalue weighted by molar-refractivity contribution is 1.000. The molecule has 21 heavy (non-hydrogen) atoms. The van der Waals surface area contributed by atoms with Crippen LogP contribution in [0.2, 0.25) is 0 Å². The van der Waals surface area contributed by atoms with Gasteiger partial charge in [0.25, 0.3) is 0 Å². The maximum absolute atomic E-state index is 5.21. The predicted molar refractivity (Wildman–Crippen MR) is 95.2 cm³/mol. The number of rotatable bonds is 5. The molecule has 0 amide bonds. The summed E-state index contributed by atoms with van der Waals surface area (Å²) >= 11 is 5.21. The van der Waals surface area contributed by atoms with E-state index in [2.05, 4.69) is 22.5 Å². The van der Waals surface area contributed by atoms with Gasteiger partial charge >= 0.3 is 0 Å². The SMILES string of the molecule is C=C(C)CNC(=S)Nc1ccc(Nc2ccccc2)cc1. The van der Waals surface area contributed by atoms with Crippen LogP contribution < -0.4 is 16.0 Å². The molecular formula is C17H19N3S. The molecule has 3 N–H and O–H groups in total. The van der Waals surface area contributed by atoms with Gasteiger partial charge in [-0.25, -0.2) is 0 Å². The third-order valence-corrected chi connectivity index (χ3v) is 3.00. The summed E-state index contributed by atoms with van der Waals surface area (Å²) in [5.74, 6) is 0. The van der Waals surface area contributed by atoms with Gasteiger partial charge in [-0.2, -0.15) is 0 Å². The van der Waals surface area contributed by atoms with E-state index in [4.69, 9.17) is 12.2 Å². The Bertz CT molecular complexity index is 606. The molecule has 2 aromatic carbocycles. The zero-order valence-corrected chi connectivity index (χ0v) is 12.8. The van der Waals surface area contributed by atoms with Crippen molar-refractivity contribution in [2.75, 3.05) is 17.2 Å². The van der Waals surface area contributed by atoms with Gasteiger partial charge in [0.1, 0.15) is 0 Å². The van der Waals surface area contributed by atoms with Crippen LogP contribution in [0.25, 0.3) is 0 Å². The maximum Gasteiger partial charge on any atom is 0.171 e. The molecular weight excluding hydrogens is 278 g/mol. The van der Waals surface area contributed by atoms with Gasteiger partial charge < -0.3 is 16.0 Å². The highest BCUT2D eigenvalue weighted by Crippen LogP contribution is 2.18. The molecule has 2 aromatic rings. The summed E-state index contributed by atoms with van der Waals surface area (Å²) in [7, 11) is 0. The average Bonchev–Trinajstić information content (AvgIpc) is 2.48. The van der Waals surface area contributed by atoms with E-state index in [1.165, 1.54) is 0 Å². The quantitative estimate of drug-likeness (QED) is 0.568. The molecule has 0 saturated heterocycles. The number of para-hydroxylation sites is 1. The van der Waals surface area contributed by atoms with Crippen molar-refractivity contribution in [2.45, 2.75) is 6.92 Å². The molecule has 0 heterocycles. The van der Waals surface area contributed by atoms with Crippen LogP contribution in [0.1, 0.15) is 6.92 Å². The van der Waals surface area contributed by atoms with Gasteiger partial charge in [-0.05, 0) is 55.5 Å². The predicted octanol–water partition coefficient (Wildman–Crippen LogP) is 4.29. The Labute approximate surface area is 131 Å². The molecule has 0 bridgehead atoms. The van der Waals surface area contributed by atoms with Crippen molar-refractivity contribution in [1.82, 2.24) is 5.32 Å². The van der Waals surface area contributed by atoms with Gasteiger partial charge in [-0.1, -0.05) is 30.4 Å². The second-order valence-electron chi connectivity index (χ2n) is 4.83. The summed E-state index contributed by atoms with van der Waals surface area (Å²) in [6.07, 6.45) is 0. The molecule has 2 rings (SSSR count). The first kappa shape index (κ1) is 15.1. The molecule has 4 heteroatoms. The van der Waals surface area contributed by atoms with E-state index in [0.717, 1.165) is 22.6 Å². The molecule has 0 spiro atoms. The fraction of sp³-hybridized carbons (Fsp3) is 0.118. The van der Waals surface area contributed by atoms with E-state index in [1.54, 1.807) is 0 Å². The second kappa shape index (κ2) is 7.45. The number of thiocarbonyl (C=S) groups is 1. The average molecular weight is 297 g/mol. The van der Waals surface area contributed by atoms with Crippen LogP contribution in [0, 0.1) is 0 Å². The van der Waals surface area contributed by atoms with Crippen molar-refractivity contribution in [3.05, 3.63) is 66.7 Å². The first-order valence-corrected chi connectivity index (χ1v) is 7.16. The highest BCUT2D eigenvalue weighted by atomic mass is 32.1. The monoisotopic (exact) mass is 297 g/mol. The molecule has 0 saturated carbocycles. The van der Waals surface area contributed by atoms with Gasteiger partial charge in [0, 0.05) is 23.6 Å². The summed E-state index contributed by atoms with van der Waals surface area (Å²) in [6, 6.07) is 18.1. The standard InChI is InChI=1S/C17H19N3S/c1-13(2)12-18-17(21)20-16-10-8-15(9-11-16)19-14-6-4-3-5-7-14/h3-11,19H,1,12H2,2H3,(H2,18,20,21). The highest BCUT2D eigenvalue weighted by molar-refractivity contribution is 7.80. The largest absolute Gasteiger partial charge is 0.359 e. The Kier molecular flexibility index (Phi) is 5.35. The Morgan fingerprint density at radius 3 is 2.14 bits per heavy atom. The van der Waals surface area contributed by atoms with E-state index in [0.29, 0.717) is 11.7 Å². The Hall–Kier alpha value is -2.33. The van der Waals surface area contributed by atoms with Crippen molar-refractivity contribution in [3.63, 3.8) is 0 Å². The molecule has 3 nitrogen and oxygen atoms in total. The minimum absolute atomic E-state index is 0.599. The molecule has 0 radical (unpaired) electrons. The molecule has 0 aliphatic carbocycles. The zero-order chi connectivity index (χ0) is 15.1. The molecule has 0 unspecified atom stereocenters. The van der Waals surface area contributed by atoms with Crippen LogP contribution >= 0.6 is 12.2 Å². The minimum atomic E-state index is 0.599. The first-order chi connectivity index (χ1) is 10.1. The highest BCUT2D eigenvalue weighted by Gasteiger charge is 1.98. The lowest BCUT2D eigenvalue weighted by Gasteiger charge is -2.11. The van der Waals surface area contributed by atoms with E-state index in [1.807, 2.05) is 61.5 Å². The number of nitrogens with one attached hydrogen (secondary N) is 3. The molecule has 0 aromatic heterocycles. The summed E-state index contributed by atoms with van der Waals surface area (Å²) in [6.45, 7) is 6.47. The number of anilines is 3. The molecule has 0 atom stereocenters. The normalized spacial score (nSPS) is 9.76. The van der Waals surface area contributed by atoms with E-state index in [-0.39, 0.29) is 0 Å². The number of hydrogen-bond donors (Lipinski definition) is 3. The third kappa shape index (κ3) is 5.28. The van der Waals surface area contributed by atoms with Crippen molar-refractivity contribution < 1.29 is 0 Å². The molecule has 0 aliphatic rings. The van der Waals surface area contributed by atoms with Gasteiger partial charge in [0.05, 0.1) is 0 Å². The van der Waals surface area contributed by atoms with Gasteiger partial charge in [0.15, 0.2) is 5.11 Å². The second-order valence-corrected chi connectivity index (χ2v) is 5.24. The lowest BCUT2D eigenvalue weighted by atomic mass is 10.2. The molecule has 0 aliphatic heterocycles. The fourth-order valence-electron chi connectivity index (χ4n) is 1.73. The van der Waals surface area contributed by atoms with E-state index in [9.17, 15) is 0 Å². The van der Waals surface area contributed by atoms with Gasteiger partial charge in [0.2, 0.25) is 0 Å². The summed E-state index contributed by atoms with van der Waals surface area (Å²) < 4.78 is 0. The number of hydrogen-bond acceptors (Lipinski definition) is 2. The van der Waals surface area contributed by atoms with Crippen LogP contribution in [0.4, 0.5) is 17.1 Å². The van der Waals surface area contributed by atoms with Crippen LogP contribution in [0.15, 0.2) is 66.7 Å². The summed E-state index contributed by atoms with van der Waals surface area (Å²) in [5, 5.41) is 10.2. The van der Waals surface area contributed by atoms with Crippen molar-refractivity contribution in [2.24, 2.45) is 0 Å². The van der Waals surface area contributed by atoms with Gasteiger partial charge in [-0.15, -0.1) is 0 Å². The van der Waals surface area contributed by atoms with E-state index >= 15 is 0 Å². The summed E-state index contributed by atoms with van der Waals surface area (Å²) in [5.41, 5.74) is 4.10. The Morgan fingerprint density at radius 1 is 0.952 bits per heavy atom. The molecule has 108 valence electrons. The van der Waals surface area contributed by atoms with Crippen LogP contribution in [0.3, 0.4) is 0 Å². The van der Waals surface area contributed by atoms with E-state index < -0.39 is 0 Å². The Morgan fingerprint density at radius 2 is 1.52 bits per heavy atom. The first-order valence-electron chi connectivity index (χ1n) is 6.75. The summed E-state index contributed by atoms with van der Waals surface area (Å²) in [4.78, 5) is 0. The maximum atomic E-state index is 5.21. The number of benzene rings is 2. The molecule has 0 fully saturated rings. The fourth-order valence-corrected chi connectivity index (χ4v) is 1.92. The van der Waals surface area contributed by atoms with Crippen LogP contribution in [-0.2, 0) is 0 Å². The zero-order valence-electron chi connectivity index (χ0n) is 12.0. The topological polar surface area (TPSA) is 36.1 Å². The minimum Gasteiger partial charge on any atom is -0.359 e. The van der Waals surface area contributed by atoms with Crippen LogP contribution in [-0.4, -0.2) is 11.7 Å². The Balaban J connectivity index is 1.90. The van der Waals surface area contributed by atoms with Gasteiger partial charge in [-0.3, -0.25) is 0 Å². The lowest BCUT2D eigenvalue weighted by Crippen LogP contribution is -2.29. The smallest absolute Gasteiger partial charge is 0.171 e. The third-order valence-electron chi connectivity index (χ3n) is 2.76.